The number of methoxy groups -OCH3 is 1. The van der Waals surface area contributed by atoms with Gasteiger partial charge in [0.15, 0.2) is 0 Å². The van der Waals surface area contributed by atoms with Gasteiger partial charge in [0.1, 0.15) is 5.75 Å². The Morgan fingerprint density at radius 3 is 2.30 bits per heavy atom. The molecular weight excluding hydrogens is 303 g/mol. The van der Waals surface area contributed by atoms with E-state index in [9.17, 15) is 13.2 Å². The van der Waals surface area contributed by atoms with E-state index in [0.29, 0.717) is 6.54 Å². The fourth-order valence-corrected chi connectivity index (χ4v) is 2.38. The van der Waals surface area contributed by atoms with Crippen molar-refractivity contribution in [3.63, 3.8) is 0 Å². The molecule has 1 N–H and O–H groups in total. The van der Waals surface area contributed by atoms with Crippen LogP contribution in [-0.4, -0.2) is 13.2 Å². The fraction of sp³-hybridized carbons (Fsp3) is 0.333. The minimum atomic E-state index is -4.29. The molecule has 0 aliphatic carbocycles. The lowest BCUT2D eigenvalue weighted by atomic mass is 10.1. The molecule has 0 saturated heterocycles. The van der Waals surface area contributed by atoms with Crippen LogP contribution in [0.3, 0.4) is 0 Å². The van der Waals surface area contributed by atoms with Crippen LogP contribution in [0.2, 0.25) is 0 Å². The molecule has 0 aliphatic heterocycles. The van der Waals surface area contributed by atoms with Crippen molar-refractivity contribution in [1.29, 1.82) is 0 Å². The molecule has 124 valence electrons. The Kier molecular flexibility index (Phi) is 5.66. The Morgan fingerprint density at radius 2 is 1.70 bits per heavy atom. The van der Waals surface area contributed by atoms with E-state index >= 15 is 0 Å². The number of rotatable bonds is 6. The first kappa shape index (κ1) is 17.3. The second-order valence-corrected chi connectivity index (χ2v) is 5.49. The number of hydrogen-bond acceptors (Lipinski definition) is 2. The van der Waals surface area contributed by atoms with E-state index in [2.05, 4.69) is 5.32 Å². The van der Waals surface area contributed by atoms with Crippen molar-refractivity contribution in [3.05, 3.63) is 65.2 Å². The summed E-state index contributed by atoms with van der Waals surface area (Å²) in [6.07, 6.45) is -3.51. The van der Waals surface area contributed by atoms with Crippen LogP contribution in [-0.2, 0) is 19.1 Å². The Labute approximate surface area is 134 Å². The molecular formula is C18H20F3NO. The Bertz CT molecular complexity index is 623. The lowest BCUT2D eigenvalue weighted by Gasteiger charge is -2.16. The molecule has 5 heteroatoms. The van der Waals surface area contributed by atoms with Crippen LogP contribution < -0.4 is 10.1 Å². The van der Waals surface area contributed by atoms with E-state index in [4.69, 9.17) is 4.74 Å². The summed E-state index contributed by atoms with van der Waals surface area (Å²) >= 11 is 0. The zero-order valence-corrected chi connectivity index (χ0v) is 13.2. The van der Waals surface area contributed by atoms with Gasteiger partial charge < -0.3 is 10.1 Å². The first-order chi connectivity index (χ1) is 10.9. The number of hydrogen-bond donors (Lipinski definition) is 1. The zero-order chi connectivity index (χ0) is 16.9. The molecule has 0 fully saturated rings. The number of ether oxygens (including phenoxy) is 1. The third-order valence-electron chi connectivity index (χ3n) is 3.65. The van der Waals surface area contributed by atoms with Crippen molar-refractivity contribution in [2.75, 3.05) is 7.11 Å². The maximum Gasteiger partial charge on any atom is 0.416 e. The summed E-state index contributed by atoms with van der Waals surface area (Å²) in [5, 5.41) is 3.32. The Balaban J connectivity index is 1.90. The molecule has 2 rings (SSSR count). The molecule has 1 atom stereocenters. The quantitative estimate of drug-likeness (QED) is 0.849. The molecule has 0 heterocycles. The van der Waals surface area contributed by atoms with Gasteiger partial charge in [-0.05, 0) is 42.7 Å². The van der Waals surface area contributed by atoms with Crippen LogP contribution in [0.5, 0.6) is 5.75 Å². The molecule has 0 radical (unpaired) electrons. The maximum absolute atomic E-state index is 12.5. The Morgan fingerprint density at radius 1 is 1.04 bits per heavy atom. The highest BCUT2D eigenvalue weighted by Crippen LogP contribution is 2.29. The normalized spacial score (nSPS) is 12.9. The SMILES string of the molecule is COc1ccccc1CC(C)NCc1ccc(C(F)(F)F)cc1. The summed E-state index contributed by atoms with van der Waals surface area (Å²) in [5.41, 5.74) is 1.30. The van der Waals surface area contributed by atoms with Gasteiger partial charge in [-0.15, -0.1) is 0 Å². The zero-order valence-electron chi connectivity index (χ0n) is 13.2. The maximum atomic E-state index is 12.5. The van der Waals surface area contributed by atoms with Gasteiger partial charge in [-0.2, -0.15) is 13.2 Å². The lowest BCUT2D eigenvalue weighted by molar-refractivity contribution is -0.137. The van der Waals surface area contributed by atoms with Crippen molar-refractivity contribution < 1.29 is 17.9 Å². The average molecular weight is 323 g/mol. The van der Waals surface area contributed by atoms with E-state index in [1.54, 1.807) is 7.11 Å². The Hall–Kier alpha value is -2.01. The van der Waals surface area contributed by atoms with Crippen LogP contribution >= 0.6 is 0 Å². The minimum Gasteiger partial charge on any atom is -0.496 e. The van der Waals surface area contributed by atoms with Crippen LogP contribution in [0.25, 0.3) is 0 Å². The van der Waals surface area contributed by atoms with Crippen molar-refractivity contribution in [2.24, 2.45) is 0 Å². The molecule has 0 amide bonds. The molecule has 23 heavy (non-hydrogen) atoms. The first-order valence-corrected chi connectivity index (χ1v) is 7.41. The third-order valence-corrected chi connectivity index (χ3v) is 3.65. The average Bonchev–Trinajstić information content (AvgIpc) is 2.53. The molecule has 0 bridgehead atoms. The van der Waals surface area contributed by atoms with Gasteiger partial charge in [0.2, 0.25) is 0 Å². The van der Waals surface area contributed by atoms with E-state index in [1.165, 1.54) is 12.1 Å². The second-order valence-electron chi connectivity index (χ2n) is 5.49. The monoisotopic (exact) mass is 323 g/mol. The van der Waals surface area contributed by atoms with Gasteiger partial charge in [-0.25, -0.2) is 0 Å². The summed E-state index contributed by atoms with van der Waals surface area (Å²) in [6, 6.07) is 13.2. The smallest absolute Gasteiger partial charge is 0.416 e. The third kappa shape index (κ3) is 4.99. The number of halogens is 3. The second kappa shape index (κ2) is 7.51. The molecule has 2 aromatic rings. The van der Waals surface area contributed by atoms with Gasteiger partial charge >= 0.3 is 6.18 Å². The van der Waals surface area contributed by atoms with Crippen molar-refractivity contribution in [3.8, 4) is 5.75 Å². The molecule has 0 spiro atoms. The highest BCUT2D eigenvalue weighted by molar-refractivity contribution is 5.33. The van der Waals surface area contributed by atoms with Gasteiger partial charge in [-0.3, -0.25) is 0 Å². The fourth-order valence-electron chi connectivity index (χ4n) is 2.38. The predicted octanol–water partition coefficient (Wildman–Crippen LogP) is 4.43. The number of para-hydroxylation sites is 1. The van der Waals surface area contributed by atoms with Gasteiger partial charge in [0, 0.05) is 12.6 Å². The summed E-state index contributed by atoms with van der Waals surface area (Å²) < 4.78 is 42.9. The highest BCUT2D eigenvalue weighted by Gasteiger charge is 2.29. The van der Waals surface area contributed by atoms with Crippen LogP contribution in [0, 0.1) is 0 Å². The summed E-state index contributed by atoms with van der Waals surface area (Å²) in [5.74, 6) is 0.843. The number of alkyl halides is 3. The topological polar surface area (TPSA) is 21.3 Å². The van der Waals surface area contributed by atoms with E-state index in [0.717, 1.165) is 35.4 Å². The standard InChI is InChI=1S/C18H20F3NO/c1-13(11-15-5-3-4-6-17(15)23-2)22-12-14-7-9-16(10-8-14)18(19,20)21/h3-10,13,22H,11-12H2,1-2H3. The van der Waals surface area contributed by atoms with E-state index in [1.807, 2.05) is 31.2 Å². The molecule has 1 unspecified atom stereocenters. The molecule has 0 aliphatic rings. The largest absolute Gasteiger partial charge is 0.496 e. The highest BCUT2D eigenvalue weighted by atomic mass is 19.4. The minimum absolute atomic E-state index is 0.175. The summed E-state index contributed by atoms with van der Waals surface area (Å²) in [4.78, 5) is 0. The van der Waals surface area contributed by atoms with Crippen LogP contribution in [0.1, 0.15) is 23.6 Å². The lowest BCUT2D eigenvalue weighted by Crippen LogP contribution is -2.27. The summed E-state index contributed by atoms with van der Waals surface area (Å²) in [7, 11) is 1.64. The number of benzene rings is 2. The number of nitrogens with one attached hydrogen (secondary N) is 1. The summed E-state index contributed by atoms with van der Waals surface area (Å²) in [6.45, 7) is 2.56. The van der Waals surface area contributed by atoms with Gasteiger partial charge in [-0.1, -0.05) is 30.3 Å². The molecule has 0 saturated carbocycles. The van der Waals surface area contributed by atoms with Gasteiger partial charge in [0.25, 0.3) is 0 Å². The van der Waals surface area contributed by atoms with Crippen LogP contribution in [0.15, 0.2) is 48.5 Å². The van der Waals surface area contributed by atoms with Crippen molar-refractivity contribution >= 4 is 0 Å². The first-order valence-electron chi connectivity index (χ1n) is 7.41. The van der Waals surface area contributed by atoms with E-state index in [-0.39, 0.29) is 6.04 Å². The van der Waals surface area contributed by atoms with E-state index < -0.39 is 11.7 Å². The molecule has 0 aromatic heterocycles. The molecule has 2 aromatic carbocycles. The van der Waals surface area contributed by atoms with Gasteiger partial charge in [0.05, 0.1) is 12.7 Å². The predicted molar refractivity (Wildman–Crippen MR) is 84.4 cm³/mol. The van der Waals surface area contributed by atoms with Crippen LogP contribution in [0.4, 0.5) is 13.2 Å². The van der Waals surface area contributed by atoms with Crippen molar-refractivity contribution in [2.45, 2.75) is 32.1 Å². The van der Waals surface area contributed by atoms with Crippen molar-refractivity contribution in [1.82, 2.24) is 5.32 Å². The molecule has 2 nitrogen and oxygen atoms in total.